The molecule has 0 saturated carbocycles. The van der Waals surface area contributed by atoms with Crippen LogP contribution in [0.3, 0.4) is 0 Å². The van der Waals surface area contributed by atoms with Gasteiger partial charge in [-0.15, -0.1) is 0 Å². The summed E-state index contributed by atoms with van der Waals surface area (Å²) >= 11 is 0. The summed E-state index contributed by atoms with van der Waals surface area (Å²) < 4.78 is 1.41. The Morgan fingerprint density at radius 2 is 2.00 bits per heavy atom. The zero-order valence-corrected chi connectivity index (χ0v) is 12.0. The Bertz CT molecular complexity index is 516. The molecule has 0 aliphatic rings. The summed E-state index contributed by atoms with van der Waals surface area (Å²) in [6.07, 6.45) is 3.18. The number of hydrogen-bond donors (Lipinski definition) is 3. The van der Waals surface area contributed by atoms with Crippen LogP contribution >= 0.6 is 0 Å². The van der Waals surface area contributed by atoms with Crippen LogP contribution in [0.15, 0.2) is 9.59 Å². The van der Waals surface area contributed by atoms with Gasteiger partial charge in [-0.1, -0.05) is 33.6 Å². The molecule has 19 heavy (non-hydrogen) atoms. The molecule has 0 aliphatic carbocycles. The van der Waals surface area contributed by atoms with Gasteiger partial charge < -0.3 is 11.1 Å². The lowest BCUT2D eigenvalue weighted by molar-refractivity contribution is 0.508. The molecule has 108 valence electrons. The Balaban J connectivity index is 2.97. The molecule has 1 rings (SSSR count). The first kappa shape index (κ1) is 15.3. The topological polar surface area (TPSA) is 92.9 Å². The minimum atomic E-state index is -0.449. The van der Waals surface area contributed by atoms with Crippen LogP contribution in [0.4, 0.5) is 11.5 Å². The second-order valence-corrected chi connectivity index (χ2v) is 5.16. The molecule has 0 aliphatic heterocycles. The van der Waals surface area contributed by atoms with Gasteiger partial charge in [-0.05, 0) is 12.3 Å². The van der Waals surface area contributed by atoms with Gasteiger partial charge >= 0.3 is 5.69 Å². The van der Waals surface area contributed by atoms with Crippen LogP contribution in [0.2, 0.25) is 0 Å². The number of nitrogen functional groups attached to an aromatic ring is 1. The first-order chi connectivity index (χ1) is 8.97. The monoisotopic (exact) mass is 268 g/mol. The van der Waals surface area contributed by atoms with Gasteiger partial charge in [-0.25, -0.2) is 4.79 Å². The summed E-state index contributed by atoms with van der Waals surface area (Å²) in [6.45, 7) is 7.27. The van der Waals surface area contributed by atoms with Crippen molar-refractivity contribution in [3.63, 3.8) is 0 Å². The summed E-state index contributed by atoms with van der Waals surface area (Å²) in [5, 5.41) is 3.03. The molecule has 0 aromatic carbocycles. The van der Waals surface area contributed by atoms with Crippen LogP contribution in [-0.4, -0.2) is 16.1 Å². The number of H-pyrrole nitrogens is 1. The van der Waals surface area contributed by atoms with Gasteiger partial charge in [0.05, 0.1) is 0 Å². The van der Waals surface area contributed by atoms with Crippen molar-refractivity contribution in [2.75, 3.05) is 17.6 Å². The van der Waals surface area contributed by atoms with E-state index < -0.39 is 11.2 Å². The number of anilines is 2. The first-order valence-corrected chi connectivity index (χ1v) is 6.83. The molecule has 6 nitrogen and oxygen atoms in total. The number of nitrogens with zero attached hydrogens (tertiary/aromatic N) is 1. The third kappa shape index (κ3) is 4.15. The van der Waals surface area contributed by atoms with Crippen molar-refractivity contribution in [1.29, 1.82) is 0 Å². The smallest absolute Gasteiger partial charge is 0.330 e. The molecule has 0 saturated heterocycles. The maximum absolute atomic E-state index is 11.8. The average Bonchev–Trinajstić information content (AvgIpc) is 2.33. The second kappa shape index (κ2) is 7.01. The van der Waals surface area contributed by atoms with Gasteiger partial charge in [0.2, 0.25) is 0 Å². The summed E-state index contributed by atoms with van der Waals surface area (Å²) in [6, 6.07) is 0. The van der Waals surface area contributed by atoms with E-state index in [2.05, 4.69) is 17.2 Å². The van der Waals surface area contributed by atoms with Gasteiger partial charge in [0.15, 0.2) is 0 Å². The van der Waals surface area contributed by atoms with E-state index in [1.54, 1.807) is 0 Å². The molecule has 1 aromatic rings. The van der Waals surface area contributed by atoms with E-state index in [0.29, 0.717) is 18.8 Å². The fourth-order valence-corrected chi connectivity index (χ4v) is 1.89. The molecular formula is C13H24N4O2. The summed E-state index contributed by atoms with van der Waals surface area (Å²) in [4.78, 5) is 25.8. The Labute approximate surface area is 113 Å². The molecule has 6 heteroatoms. The summed E-state index contributed by atoms with van der Waals surface area (Å²) in [5.41, 5.74) is 5.34. The predicted octanol–water partition coefficient (Wildman–Crippen LogP) is 1.38. The lowest BCUT2D eigenvalue weighted by Gasteiger charge is -2.15. The van der Waals surface area contributed by atoms with E-state index in [1.807, 2.05) is 13.8 Å². The van der Waals surface area contributed by atoms with E-state index in [9.17, 15) is 9.59 Å². The van der Waals surface area contributed by atoms with Gasteiger partial charge in [-0.2, -0.15) is 0 Å². The largest absolute Gasteiger partial charge is 0.383 e. The van der Waals surface area contributed by atoms with Crippen molar-refractivity contribution < 1.29 is 0 Å². The number of hydrogen-bond acceptors (Lipinski definition) is 4. The lowest BCUT2D eigenvalue weighted by Crippen LogP contribution is -2.35. The molecule has 0 amide bonds. The second-order valence-electron chi connectivity index (χ2n) is 5.16. The Hall–Kier alpha value is -1.72. The highest BCUT2D eigenvalue weighted by molar-refractivity contribution is 5.60. The van der Waals surface area contributed by atoms with Gasteiger partial charge in [0.25, 0.3) is 5.56 Å². The molecule has 0 fully saturated rings. The van der Waals surface area contributed by atoms with E-state index in [1.165, 1.54) is 4.57 Å². The Morgan fingerprint density at radius 3 is 2.58 bits per heavy atom. The van der Waals surface area contributed by atoms with Crippen molar-refractivity contribution >= 4 is 11.5 Å². The van der Waals surface area contributed by atoms with Gasteiger partial charge in [-0.3, -0.25) is 14.3 Å². The Morgan fingerprint density at radius 1 is 1.32 bits per heavy atom. The number of nitrogens with one attached hydrogen (secondary N) is 2. The molecule has 1 aromatic heterocycles. The predicted molar refractivity (Wildman–Crippen MR) is 78.6 cm³/mol. The lowest BCUT2D eigenvalue weighted by atomic mass is 10.2. The molecule has 1 heterocycles. The van der Waals surface area contributed by atoms with Crippen molar-refractivity contribution in [1.82, 2.24) is 9.55 Å². The zero-order valence-electron chi connectivity index (χ0n) is 12.0. The molecular weight excluding hydrogens is 244 g/mol. The highest BCUT2D eigenvalue weighted by Crippen LogP contribution is 2.12. The van der Waals surface area contributed by atoms with Crippen LogP contribution in [0.5, 0.6) is 0 Å². The van der Waals surface area contributed by atoms with Crippen LogP contribution in [-0.2, 0) is 6.54 Å². The zero-order chi connectivity index (χ0) is 14.4. The third-order valence-corrected chi connectivity index (χ3v) is 2.87. The molecule has 0 unspecified atom stereocenters. The van der Waals surface area contributed by atoms with Crippen molar-refractivity contribution in [2.45, 2.75) is 46.6 Å². The number of nitrogens with two attached hydrogens (primary N) is 1. The molecule has 0 spiro atoms. The number of aromatic amines is 1. The summed E-state index contributed by atoms with van der Waals surface area (Å²) in [7, 11) is 0. The van der Waals surface area contributed by atoms with E-state index >= 15 is 0 Å². The standard InChI is InChI=1S/C13H24N4O2/c1-4-5-6-7-15-10-11(14)17(8-9(2)3)13(19)16-12(10)18/h9,15H,4-8,14H2,1-3H3,(H,16,18,19). The van der Waals surface area contributed by atoms with Crippen molar-refractivity contribution in [3.8, 4) is 0 Å². The van der Waals surface area contributed by atoms with Crippen LogP contribution in [0, 0.1) is 5.92 Å². The van der Waals surface area contributed by atoms with Crippen molar-refractivity contribution in [2.24, 2.45) is 5.92 Å². The van der Waals surface area contributed by atoms with Crippen LogP contribution < -0.4 is 22.3 Å². The average molecular weight is 268 g/mol. The number of rotatable bonds is 7. The minimum absolute atomic E-state index is 0.221. The fourth-order valence-electron chi connectivity index (χ4n) is 1.89. The van der Waals surface area contributed by atoms with Crippen LogP contribution in [0.1, 0.15) is 40.0 Å². The number of aromatic nitrogens is 2. The quantitative estimate of drug-likeness (QED) is 0.651. The molecule has 0 radical (unpaired) electrons. The van der Waals surface area contributed by atoms with Crippen molar-refractivity contribution in [3.05, 3.63) is 20.8 Å². The maximum Gasteiger partial charge on any atom is 0.330 e. The van der Waals surface area contributed by atoms with E-state index in [4.69, 9.17) is 5.73 Å². The highest BCUT2D eigenvalue weighted by atomic mass is 16.2. The molecule has 4 N–H and O–H groups in total. The third-order valence-electron chi connectivity index (χ3n) is 2.87. The fraction of sp³-hybridized carbons (Fsp3) is 0.692. The maximum atomic E-state index is 11.8. The minimum Gasteiger partial charge on any atom is -0.383 e. The SMILES string of the molecule is CCCCCNc1c(N)n(CC(C)C)c(=O)[nH]c1=O. The Kier molecular flexibility index (Phi) is 5.66. The molecule has 0 bridgehead atoms. The number of unbranched alkanes of at least 4 members (excludes halogenated alkanes) is 2. The van der Waals surface area contributed by atoms with E-state index in [-0.39, 0.29) is 11.7 Å². The first-order valence-electron chi connectivity index (χ1n) is 6.83. The highest BCUT2D eigenvalue weighted by Gasteiger charge is 2.12. The molecule has 0 atom stereocenters. The van der Waals surface area contributed by atoms with Crippen LogP contribution in [0.25, 0.3) is 0 Å². The van der Waals surface area contributed by atoms with E-state index in [0.717, 1.165) is 19.3 Å². The summed E-state index contributed by atoms with van der Waals surface area (Å²) in [5.74, 6) is 0.498. The normalized spacial score (nSPS) is 10.9. The van der Waals surface area contributed by atoms with Gasteiger partial charge in [0, 0.05) is 13.1 Å². The van der Waals surface area contributed by atoms with Gasteiger partial charge in [0.1, 0.15) is 11.5 Å².